The molecule has 4 aliphatic rings. The van der Waals surface area contributed by atoms with E-state index in [1.165, 1.54) is 0 Å². The topological polar surface area (TPSA) is 91.6 Å². The van der Waals surface area contributed by atoms with Crippen LogP contribution in [0.1, 0.15) is 75.6 Å². The van der Waals surface area contributed by atoms with E-state index in [0.29, 0.717) is 6.54 Å². The van der Waals surface area contributed by atoms with Crippen LogP contribution in [-0.4, -0.2) is 45.1 Å². The van der Waals surface area contributed by atoms with E-state index in [-0.39, 0.29) is 54.3 Å². The third-order valence-corrected chi connectivity index (χ3v) is 8.02. The van der Waals surface area contributed by atoms with Gasteiger partial charge in [-0.3, -0.25) is 14.4 Å². The van der Waals surface area contributed by atoms with E-state index >= 15 is 0 Å². The summed E-state index contributed by atoms with van der Waals surface area (Å²) < 4.78 is 1.79. The van der Waals surface area contributed by atoms with Gasteiger partial charge in [0.05, 0.1) is 6.04 Å². The van der Waals surface area contributed by atoms with Gasteiger partial charge >= 0.3 is 0 Å². The van der Waals surface area contributed by atoms with Gasteiger partial charge in [0.25, 0.3) is 5.56 Å². The van der Waals surface area contributed by atoms with Gasteiger partial charge in [-0.25, -0.2) is 0 Å². The molecule has 3 heterocycles. The molecule has 0 bridgehead atoms. The van der Waals surface area contributed by atoms with Gasteiger partial charge in [0.15, 0.2) is 0 Å². The Balaban J connectivity index is 1.52. The molecule has 2 aliphatic carbocycles. The molecule has 1 aromatic rings. The van der Waals surface area contributed by atoms with Gasteiger partial charge in [0, 0.05) is 48.7 Å². The minimum absolute atomic E-state index is 0.0161. The highest BCUT2D eigenvalue weighted by Gasteiger charge is 2.57. The number of carbonyl (C=O) groups excluding carboxylic acids is 2. The Bertz CT molecular complexity index is 1010. The van der Waals surface area contributed by atoms with E-state index in [0.717, 1.165) is 61.8 Å². The molecule has 172 valence electrons. The predicted octanol–water partition coefficient (Wildman–Crippen LogP) is 2.37. The predicted molar refractivity (Wildman–Crippen MR) is 121 cm³/mol. The number of aromatic nitrogens is 1. The molecule has 0 spiro atoms. The standard InChI is InChI=1S/C25H33N3O4/c1-2-21(30)28-22-18(19(14-29)23(28)24(31)26-16-9-5-6-10-16)13-27-20(22)12-11-17(25(27)32)15-7-3-4-8-15/h7,11-12,16,18-19,22-23,29H,2-6,8-10,13-14H2,1H3,(H,26,31)/t18-,19-,22+,23-/m1/s1. The smallest absolute Gasteiger partial charge is 0.258 e. The summed E-state index contributed by atoms with van der Waals surface area (Å²) in [6.07, 6.45) is 9.58. The summed E-state index contributed by atoms with van der Waals surface area (Å²) in [6.45, 7) is 2.05. The Hall–Kier alpha value is -2.41. The Morgan fingerprint density at radius 1 is 1.19 bits per heavy atom. The molecule has 5 rings (SSSR count). The number of amides is 2. The number of carbonyl (C=O) groups is 2. The molecule has 0 radical (unpaired) electrons. The third kappa shape index (κ3) is 3.33. The molecule has 2 fully saturated rings. The van der Waals surface area contributed by atoms with Crippen molar-refractivity contribution in [3.8, 4) is 0 Å². The molecule has 0 aromatic carbocycles. The lowest BCUT2D eigenvalue weighted by Crippen LogP contribution is -2.52. The highest BCUT2D eigenvalue weighted by atomic mass is 16.3. The van der Waals surface area contributed by atoms with Crippen molar-refractivity contribution in [1.82, 2.24) is 14.8 Å². The molecule has 1 aromatic heterocycles. The second-order valence-corrected chi connectivity index (χ2v) is 9.75. The van der Waals surface area contributed by atoms with Gasteiger partial charge in [0.2, 0.25) is 11.8 Å². The molecule has 0 unspecified atom stereocenters. The fraction of sp³-hybridized carbons (Fsp3) is 0.640. The average Bonchev–Trinajstić information content (AvgIpc) is 3.57. The molecular weight excluding hydrogens is 406 g/mol. The number of rotatable bonds is 5. The van der Waals surface area contributed by atoms with E-state index in [4.69, 9.17) is 0 Å². The number of pyridine rings is 1. The Labute approximate surface area is 188 Å². The molecule has 32 heavy (non-hydrogen) atoms. The maximum absolute atomic E-state index is 13.3. The van der Waals surface area contributed by atoms with E-state index in [1.54, 1.807) is 16.4 Å². The lowest BCUT2D eigenvalue weighted by molar-refractivity contribution is -0.141. The first-order valence-electron chi connectivity index (χ1n) is 12.2. The Morgan fingerprint density at radius 2 is 1.97 bits per heavy atom. The summed E-state index contributed by atoms with van der Waals surface area (Å²) in [6, 6.07) is 2.96. The molecular formula is C25H33N3O4. The van der Waals surface area contributed by atoms with E-state index in [2.05, 4.69) is 11.4 Å². The number of hydrogen-bond acceptors (Lipinski definition) is 4. The van der Waals surface area contributed by atoms with Crippen LogP contribution in [0, 0.1) is 11.8 Å². The van der Waals surface area contributed by atoms with Crippen LogP contribution in [0.2, 0.25) is 0 Å². The van der Waals surface area contributed by atoms with Crippen LogP contribution < -0.4 is 10.9 Å². The van der Waals surface area contributed by atoms with E-state index < -0.39 is 6.04 Å². The average molecular weight is 440 g/mol. The molecule has 2 aliphatic heterocycles. The van der Waals surface area contributed by atoms with Crippen LogP contribution in [0.15, 0.2) is 23.0 Å². The van der Waals surface area contributed by atoms with Crippen molar-refractivity contribution in [2.45, 2.75) is 83.0 Å². The van der Waals surface area contributed by atoms with Gasteiger partial charge < -0.3 is 19.9 Å². The molecule has 7 heteroatoms. The molecule has 2 amide bonds. The zero-order valence-electron chi connectivity index (χ0n) is 18.8. The minimum atomic E-state index is -0.691. The van der Waals surface area contributed by atoms with Crippen LogP contribution in [-0.2, 0) is 16.1 Å². The summed E-state index contributed by atoms with van der Waals surface area (Å²) >= 11 is 0. The number of fused-ring (bicyclic) bond motifs is 3. The molecule has 1 saturated carbocycles. The highest BCUT2D eigenvalue weighted by Crippen LogP contribution is 2.49. The molecule has 4 atom stereocenters. The zero-order chi connectivity index (χ0) is 22.4. The molecule has 1 saturated heterocycles. The number of aliphatic hydroxyl groups excluding tert-OH is 1. The highest BCUT2D eigenvalue weighted by molar-refractivity contribution is 5.89. The third-order valence-electron chi connectivity index (χ3n) is 8.02. The largest absolute Gasteiger partial charge is 0.396 e. The zero-order valence-corrected chi connectivity index (χ0v) is 18.8. The number of allylic oxidation sites excluding steroid dienone is 2. The van der Waals surface area contributed by atoms with Crippen molar-refractivity contribution in [2.24, 2.45) is 11.8 Å². The van der Waals surface area contributed by atoms with Crippen LogP contribution in [0.4, 0.5) is 0 Å². The van der Waals surface area contributed by atoms with Gasteiger partial charge in [-0.1, -0.05) is 25.8 Å². The summed E-state index contributed by atoms with van der Waals surface area (Å²) in [7, 11) is 0. The van der Waals surface area contributed by atoms with Crippen molar-refractivity contribution < 1.29 is 14.7 Å². The molecule has 2 N–H and O–H groups in total. The molecule has 7 nitrogen and oxygen atoms in total. The van der Waals surface area contributed by atoms with E-state index in [9.17, 15) is 19.5 Å². The fourth-order valence-corrected chi connectivity index (χ4v) is 6.47. The van der Waals surface area contributed by atoms with Gasteiger partial charge in [-0.15, -0.1) is 0 Å². The number of nitrogens with zero attached hydrogens (tertiary/aromatic N) is 2. The minimum Gasteiger partial charge on any atom is -0.396 e. The Morgan fingerprint density at radius 3 is 2.62 bits per heavy atom. The summed E-state index contributed by atoms with van der Waals surface area (Å²) in [5.41, 5.74) is 2.63. The first-order valence-corrected chi connectivity index (χ1v) is 12.2. The summed E-state index contributed by atoms with van der Waals surface area (Å²) in [4.78, 5) is 41.5. The van der Waals surface area contributed by atoms with Crippen molar-refractivity contribution >= 4 is 17.4 Å². The van der Waals surface area contributed by atoms with Gasteiger partial charge in [-0.05, 0) is 49.8 Å². The quantitative estimate of drug-likeness (QED) is 0.737. The van der Waals surface area contributed by atoms with Gasteiger partial charge in [-0.2, -0.15) is 0 Å². The number of nitrogens with one attached hydrogen (secondary N) is 1. The number of hydrogen-bond donors (Lipinski definition) is 2. The lowest BCUT2D eigenvalue weighted by Gasteiger charge is -2.31. The van der Waals surface area contributed by atoms with Crippen LogP contribution >= 0.6 is 0 Å². The lowest BCUT2D eigenvalue weighted by atomic mass is 9.88. The van der Waals surface area contributed by atoms with Gasteiger partial charge in [0.1, 0.15) is 6.04 Å². The maximum atomic E-state index is 13.3. The van der Waals surface area contributed by atoms with Crippen LogP contribution in [0.3, 0.4) is 0 Å². The van der Waals surface area contributed by atoms with Crippen LogP contribution in [0.5, 0.6) is 0 Å². The number of likely N-dealkylation sites (tertiary alicyclic amines) is 1. The second-order valence-electron chi connectivity index (χ2n) is 9.75. The monoisotopic (exact) mass is 439 g/mol. The first-order chi connectivity index (χ1) is 15.5. The second kappa shape index (κ2) is 8.50. The van der Waals surface area contributed by atoms with Crippen LogP contribution in [0.25, 0.3) is 5.57 Å². The number of aliphatic hydroxyl groups is 1. The van der Waals surface area contributed by atoms with Crippen molar-refractivity contribution in [3.05, 3.63) is 39.8 Å². The van der Waals surface area contributed by atoms with Crippen molar-refractivity contribution in [2.75, 3.05) is 6.61 Å². The maximum Gasteiger partial charge on any atom is 0.258 e. The summed E-state index contributed by atoms with van der Waals surface area (Å²) in [5, 5.41) is 13.5. The fourth-order valence-electron chi connectivity index (χ4n) is 6.47. The Kier molecular flexibility index (Phi) is 5.70. The first kappa shape index (κ1) is 21.4. The SMILES string of the molecule is CCC(=O)N1[C@@H]2c3ccc(C4=CCCC4)c(=O)n3C[C@@H]2[C@@H](CO)[C@@H]1C(=O)NC1CCCC1. The summed E-state index contributed by atoms with van der Waals surface area (Å²) in [5.74, 6) is -0.791. The van der Waals surface area contributed by atoms with E-state index in [1.807, 2.05) is 12.1 Å². The van der Waals surface area contributed by atoms with Crippen molar-refractivity contribution in [1.29, 1.82) is 0 Å². The van der Waals surface area contributed by atoms with Crippen molar-refractivity contribution in [3.63, 3.8) is 0 Å². The normalized spacial score (nSPS) is 29.2.